The summed E-state index contributed by atoms with van der Waals surface area (Å²) < 4.78 is 10.4. The number of hydrogen-bond acceptors (Lipinski definition) is 6. The van der Waals surface area contributed by atoms with Crippen molar-refractivity contribution in [2.45, 2.75) is 0 Å². The van der Waals surface area contributed by atoms with Crippen molar-refractivity contribution in [1.29, 1.82) is 0 Å². The molecule has 1 amide bonds. The fraction of sp³-hybridized carbons (Fsp3) is 0.0526. The molecule has 0 aliphatic heterocycles. The first-order valence-corrected chi connectivity index (χ1v) is 8.18. The molecule has 1 N–H and O–H groups in total. The second-order valence-electron chi connectivity index (χ2n) is 5.32. The van der Waals surface area contributed by atoms with E-state index in [-0.39, 0.29) is 16.5 Å². The van der Waals surface area contributed by atoms with E-state index in [1.54, 1.807) is 42.5 Å². The number of carbonyl (C=O) groups is 2. The number of rotatable bonds is 5. The minimum absolute atomic E-state index is 0.243. The summed E-state index contributed by atoms with van der Waals surface area (Å²) in [6.07, 6.45) is 4.41. The lowest BCUT2D eigenvalue weighted by molar-refractivity contribution is 0.0601. The van der Waals surface area contributed by atoms with Crippen LogP contribution in [0.3, 0.4) is 0 Å². The molecule has 0 fully saturated rings. The van der Waals surface area contributed by atoms with E-state index >= 15 is 0 Å². The van der Waals surface area contributed by atoms with E-state index in [0.717, 1.165) is 0 Å². The highest BCUT2D eigenvalue weighted by molar-refractivity contribution is 6.33. The van der Waals surface area contributed by atoms with Crippen molar-refractivity contribution < 1.29 is 18.7 Å². The summed E-state index contributed by atoms with van der Waals surface area (Å²) in [5.74, 6) is 0.0446. The van der Waals surface area contributed by atoms with Gasteiger partial charge in [-0.15, -0.1) is 0 Å². The Bertz CT molecular complexity index is 999. The summed E-state index contributed by atoms with van der Waals surface area (Å²) in [7, 11) is 1.28. The predicted molar refractivity (Wildman–Crippen MR) is 99.8 cm³/mol. The average molecular weight is 384 g/mol. The van der Waals surface area contributed by atoms with Crippen LogP contribution in [0.2, 0.25) is 5.02 Å². The second-order valence-corrected chi connectivity index (χ2v) is 5.73. The van der Waals surface area contributed by atoms with Crippen LogP contribution in [0.1, 0.15) is 26.5 Å². The van der Waals surface area contributed by atoms with E-state index in [4.69, 9.17) is 20.8 Å². The number of pyridine rings is 1. The number of furan rings is 1. The van der Waals surface area contributed by atoms with Crippen LogP contribution in [0, 0.1) is 0 Å². The van der Waals surface area contributed by atoms with E-state index in [0.29, 0.717) is 22.6 Å². The minimum Gasteiger partial charge on any atom is -0.465 e. The highest BCUT2D eigenvalue weighted by Gasteiger charge is 2.13. The van der Waals surface area contributed by atoms with Crippen LogP contribution in [-0.2, 0) is 4.74 Å². The van der Waals surface area contributed by atoms with E-state index in [2.05, 4.69) is 15.5 Å². The molecule has 0 radical (unpaired) electrons. The van der Waals surface area contributed by atoms with Gasteiger partial charge in [0.15, 0.2) is 0 Å². The molecule has 1 aromatic carbocycles. The van der Waals surface area contributed by atoms with E-state index in [1.165, 1.54) is 25.7 Å². The first kappa shape index (κ1) is 18.3. The van der Waals surface area contributed by atoms with Crippen LogP contribution in [0.25, 0.3) is 11.3 Å². The fourth-order valence-corrected chi connectivity index (χ4v) is 2.44. The number of hydrogen-bond donors (Lipinski definition) is 1. The number of esters is 1. The van der Waals surface area contributed by atoms with Crippen molar-refractivity contribution in [3.05, 3.63) is 76.8 Å². The summed E-state index contributed by atoms with van der Waals surface area (Å²) in [5, 5.41) is 4.15. The smallest absolute Gasteiger partial charge is 0.339 e. The number of carbonyl (C=O) groups excluding carboxylic acids is 2. The third-order valence-electron chi connectivity index (χ3n) is 3.58. The largest absolute Gasteiger partial charge is 0.465 e. The number of nitrogens with zero attached hydrogens (tertiary/aromatic N) is 2. The summed E-state index contributed by atoms with van der Waals surface area (Å²) in [5.41, 5.74) is 3.74. The van der Waals surface area contributed by atoms with Crippen molar-refractivity contribution in [2.75, 3.05) is 7.11 Å². The maximum Gasteiger partial charge on any atom is 0.339 e. The molecule has 7 nitrogen and oxygen atoms in total. The quantitative estimate of drug-likeness (QED) is 0.413. The van der Waals surface area contributed by atoms with Gasteiger partial charge >= 0.3 is 5.97 Å². The number of amides is 1. The predicted octanol–water partition coefficient (Wildman–Crippen LogP) is 3.55. The molecular weight excluding hydrogens is 370 g/mol. The van der Waals surface area contributed by atoms with Crippen molar-refractivity contribution in [3.63, 3.8) is 0 Å². The average Bonchev–Trinajstić information content (AvgIpc) is 3.17. The lowest BCUT2D eigenvalue weighted by Gasteiger charge is -2.04. The van der Waals surface area contributed by atoms with Gasteiger partial charge in [-0.25, -0.2) is 10.2 Å². The Balaban J connectivity index is 1.72. The lowest BCUT2D eigenvalue weighted by atomic mass is 10.1. The Labute approximate surface area is 159 Å². The summed E-state index contributed by atoms with van der Waals surface area (Å²) in [4.78, 5) is 27.5. The Morgan fingerprint density at radius 3 is 2.70 bits per heavy atom. The highest BCUT2D eigenvalue weighted by Crippen LogP contribution is 2.27. The molecule has 2 heterocycles. The van der Waals surface area contributed by atoms with Gasteiger partial charge in [-0.3, -0.25) is 9.78 Å². The minimum atomic E-state index is -0.533. The van der Waals surface area contributed by atoms with Gasteiger partial charge in [0.1, 0.15) is 11.5 Å². The monoisotopic (exact) mass is 383 g/mol. The maximum absolute atomic E-state index is 11.9. The molecule has 2 aromatic heterocycles. The standard InChI is InChI=1S/C19H14ClN3O4/c1-26-19(25)15-10-13(2-4-16(15)20)17-5-3-14(27-17)11-22-23-18(24)12-6-8-21-9-7-12/h2-11H,1H3,(H,23,24)/b22-11-. The third kappa shape index (κ3) is 4.39. The van der Waals surface area contributed by atoms with Crippen LogP contribution < -0.4 is 5.43 Å². The van der Waals surface area contributed by atoms with Gasteiger partial charge in [0.05, 0.1) is 23.9 Å². The molecule has 0 bridgehead atoms. The molecule has 136 valence electrons. The summed E-state index contributed by atoms with van der Waals surface area (Å²) in [6.45, 7) is 0. The van der Waals surface area contributed by atoms with Gasteiger partial charge in [0.2, 0.25) is 0 Å². The van der Waals surface area contributed by atoms with Crippen molar-refractivity contribution >= 4 is 29.7 Å². The molecule has 0 atom stereocenters. The molecule has 0 spiro atoms. The Morgan fingerprint density at radius 1 is 1.19 bits per heavy atom. The number of ether oxygens (including phenoxy) is 1. The zero-order valence-corrected chi connectivity index (χ0v) is 14.9. The summed E-state index contributed by atoms with van der Waals surface area (Å²) in [6, 6.07) is 11.5. The van der Waals surface area contributed by atoms with Crippen molar-refractivity contribution in [2.24, 2.45) is 5.10 Å². The molecule has 0 aliphatic rings. The molecule has 3 aromatic rings. The van der Waals surface area contributed by atoms with E-state index in [1.807, 2.05) is 0 Å². The van der Waals surface area contributed by atoms with Gasteiger partial charge in [-0.1, -0.05) is 11.6 Å². The van der Waals surface area contributed by atoms with Crippen LogP contribution in [0.4, 0.5) is 0 Å². The molecule has 0 saturated carbocycles. The first-order valence-electron chi connectivity index (χ1n) is 7.80. The number of hydrazone groups is 1. The SMILES string of the molecule is COC(=O)c1cc(-c2ccc(/C=N\NC(=O)c3ccncc3)o2)ccc1Cl. The molecular formula is C19H14ClN3O4. The van der Waals surface area contributed by atoms with E-state index in [9.17, 15) is 9.59 Å². The number of aromatic nitrogens is 1. The zero-order chi connectivity index (χ0) is 19.2. The topological polar surface area (TPSA) is 93.8 Å². The number of benzene rings is 1. The van der Waals surface area contributed by atoms with Gasteiger partial charge in [0.25, 0.3) is 5.91 Å². The Kier molecular flexibility index (Phi) is 5.63. The number of nitrogens with one attached hydrogen (secondary N) is 1. The van der Waals surface area contributed by atoms with Crippen LogP contribution in [-0.4, -0.2) is 30.2 Å². The normalized spacial score (nSPS) is 10.7. The zero-order valence-electron chi connectivity index (χ0n) is 14.2. The van der Waals surface area contributed by atoms with Gasteiger partial charge < -0.3 is 9.15 Å². The van der Waals surface area contributed by atoms with Crippen LogP contribution in [0.5, 0.6) is 0 Å². The molecule has 27 heavy (non-hydrogen) atoms. The fourth-order valence-electron chi connectivity index (χ4n) is 2.24. The maximum atomic E-state index is 11.9. The van der Waals surface area contributed by atoms with Crippen LogP contribution in [0.15, 0.2) is 64.4 Å². The summed E-state index contributed by atoms with van der Waals surface area (Å²) >= 11 is 6.01. The second kappa shape index (κ2) is 8.29. The molecule has 0 saturated heterocycles. The molecule has 8 heteroatoms. The van der Waals surface area contributed by atoms with Gasteiger partial charge in [0, 0.05) is 23.5 Å². The van der Waals surface area contributed by atoms with Crippen molar-refractivity contribution in [1.82, 2.24) is 10.4 Å². The molecule has 0 aliphatic carbocycles. The van der Waals surface area contributed by atoms with Crippen LogP contribution >= 0.6 is 11.6 Å². The van der Waals surface area contributed by atoms with E-state index < -0.39 is 5.97 Å². The number of halogens is 1. The number of methoxy groups -OCH3 is 1. The molecule has 0 unspecified atom stereocenters. The third-order valence-corrected chi connectivity index (χ3v) is 3.91. The first-order chi connectivity index (χ1) is 13.1. The van der Waals surface area contributed by atoms with Gasteiger partial charge in [-0.05, 0) is 42.5 Å². The van der Waals surface area contributed by atoms with Crippen molar-refractivity contribution in [3.8, 4) is 11.3 Å². The Morgan fingerprint density at radius 2 is 1.96 bits per heavy atom. The highest BCUT2D eigenvalue weighted by atomic mass is 35.5. The Hall–Kier alpha value is -3.45. The van der Waals surface area contributed by atoms with Gasteiger partial charge in [-0.2, -0.15) is 5.10 Å². The lowest BCUT2D eigenvalue weighted by Crippen LogP contribution is -2.17. The molecule has 3 rings (SSSR count).